The van der Waals surface area contributed by atoms with E-state index in [-0.39, 0.29) is 0 Å². The van der Waals surface area contributed by atoms with Crippen LogP contribution < -0.4 is 0 Å². The Morgan fingerprint density at radius 1 is 0.789 bits per heavy atom. The molecule has 0 atom stereocenters. The van der Waals surface area contributed by atoms with Crippen LogP contribution in [0, 0.1) is 0 Å². The number of rotatable bonds is 3. The molecule has 0 saturated heterocycles. The molecule has 0 spiro atoms. The lowest BCUT2D eigenvalue weighted by Crippen LogP contribution is -1.83. The molecular weight excluding hydrogens is 252 g/mol. The minimum atomic E-state index is 0.907. The average molecular weight is 266 g/mol. The van der Waals surface area contributed by atoms with E-state index in [0.717, 1.165) is 11.3 Å². The Labute approximate surface area is 117 Å². The standard InChI is InChI=1S/C17H14OS/c1-19-14-10-8-13(9-11-14)15-5-2-3-6-16(15)17-7-4-12-18-17/h2-12H,1H3. The zero-order valence-electron chi connectivity index (χ0n) is 10.7. The van der Waals surface area contributed by atoms with Gasteiger partial charge in [-0.15, -0.1) is 11.8 Å². The third-order valence-corrected chi connectivity index (χ3v) is 3.86. The number of thioether (sulfide) groups is 1. The maximum atomic E-state index is 5.52. The van der Waals surface area contributed by atoms with E-state index in [1.807, 2.05) is 18.2 Å². The van der Waals surface area contributed by atoms with Crippen molar-refractivity contribution in [2.45, 2.75) is 4.90 Å². The maximum Gasteiger partial charge on any atom is 0.134 e. The van der Waals surface area contributed by atoms with Crippen molar-refractivity contribution >= 4 is 11.8 Å². The van der Waals surface area contributed by atoms with E-state index >= 15 is 0 Å². The van der Waals surface area contributed by atoms with E-state index in [4.69, 9.17) is 4.42 Å². The predicted molar refractivity (Wildman–Crippen MR) is 81.4 cm³/mol. The lowest BCUT2D eigenvalue weighted by Gasteiger charge is -2.08. The number of benzene rings is 2. The van der Waals surface area contributed by atoms with E-state index < -0.39 is 0 Å². The lowest BCUT2D eigenvalue weighted by molar-refractivity contribution is 0.582. The van der Waals surface area contributed by atoms with Crippen LogP contribution in [0.25, 0.3) is 22.5 Å². The van der Waals surface area contributed by atoms with Crippen LogP contribution in [0.5, 0.6) is 0 Å². The number of hydrogen-bond donors (Lipinski definition) is 0. The molecule has 3 rings (SSSR count). The van der Waals surface area contributed by atoms with Gasteiger partial charge in [0.05, 0.1) is 6.26 Å². The predicted octanol–water partition coefficient (Wildman–Crippen LogP) is 5.34. The normalized spacial score (nSPS) is 10.6. The molecule has 0 aliphatic rings. The van der Waals surface area contributed by atoms with Gasteiger partial charge in [-0.25, -0.2) is 0 Å². The molecule has 0 fully saturated rings. The first-order chi connectivity index (χ1) is 9.38. The second-order valence-corrected chi connectivity index (χ2v) is 5.13. The minimum Gasteiger partial charge on any atom is -0.464 e. The van der Waals surface area contributed by atoms with Gasteiger partial charge < -0.3 is 4.42 Å². The minimum absolute atomic E-state index is 0.907. The highest BCUT2D eigenvalue weighted by Gasteiger charge is 2.08. The Balaban J connectivity index is 2.09. The molecule has 1 heterocycles. The summed E-state index contributed by atoms with van der Waals surface area (Å²) in [5, 5.41) is 0. The largest absolute Gasteiger partial charge is 0.464 e. The monoisotopic (exact) mass is 266 g/mol. The summed E-state index contributed by atoms with van der Waals surface area (Å²) in [4.78, 5) is 1.28. The second-order valence-electron chi connectivity index (χ2n) is 4.25. The van der Waals surface area contributed by atoms with E-state index in [1.54, 1.807) is 18.0 Å². The summed E-state index contributed by atoms with van der Waals surface area (Å²) < 4.78 is 5.52. The second kappa shape index (κ2) is 5.37. The zero-order chi connectivity index (χ0) is 13.1. The Morgan fingerprint density at radius 3 is 2.16 bits per heavy atom. The van der Waals surface area contributed by atoms with Gasteiger partial charge in [-0.2, -0.15) is 0 Å². The van der Waals surface area contributed by atoms with Crippen LogP contribution in [0.1, 0.15) is 0 Å². The van der Waals surface area contributed by atoms with Gasteiger partial charge in [0.25, 0.3) is 0 Å². The lowest BCUT2D eigenvalue weighted by atomic mass is 9.98. The van der Waals surface area contributed by atoms with Crippen LogP contribution in [0.4, 0.5) is 0 Å². The molecule has 0 saturated carbocycles. The molecule has 2 heteroatoms. The Morgan fingerprint density at radius 2 is 1.53 bits per heavy atom. The highest BCUT2D eigenvalue weighted by atomic mass is 32.2. The summed E-state index contributed by atoms with van der Waals surface area (Å²) >= 11 is 1.76. The molecule has 1 aromatic heterocycles. The van der Waals surface area contributed by atoms with Crippen molar-refractivity contribution in [3.05, 3.63) is 66.9 Å². The van der Waals surface area contributed by atoms with E-state index in [0.29, 0.717) is 0 Å². The molecular formula is C17H14OS. The van der Waals surface area contributed by atoms with Gasteiger partial charge in [0.1, 0.15) is 5.76 Å². The fourth-order valence-corrected chi connectivity index (χ4v) is 2.56. The van der Waals surface area contributed by atoms with Crippen LogP contribution >= 0.6 is 11.8 Å². The third kappa shape index (κ3) is 2.45. The fraction of sp³-hybridized carbons (Fsp3) is 0.0588. The highest BCUT2D eigenvalue weighted by Crippen LogP contribution is 2.32. The molecule has 94 valence electrons. The number of hydrogen-bond acceptors (Lipinski definition) is 2. The molecule has 2 aromatic carbocycles. The number of furan rings is 1. The van der Waals surface area contributed by atoms with Crippen molar-refractivity contribution in [1.29, 1.82) is 0 Å². The van der Waals surface area contributed by atoms with Crippen molar-refractivity contribution in [3.63, 3.8) is 0 Å². The SMILES string of the molecule is CSc1ccc(-c2ccccc2-c2ccco2)cc1. The summed E-state index contributed by atoms with van der Waals surface area (Å²) in [6.07, 6.45) is 3.80. The van der Waals surface area contributed by atoms with Crippen molar-refractivity contribution in [1.82, 2.24) is 0 Å². The molecule has 0 radical (unpaired) electrons. The molecule has 0 aliphatic carbocycles. The van der Waals surface area contributed by atoms with Gasteiger partial charge in [0.15, 0.2) is 0 Å². The Hall–Kier alpha value is -1.93. The van der Waals surface area contributed by atoms with Gasteiger partial charge >= 0.3 is 0 Å². The molecule has 0 aliphatic heterocycles. The Bertz CT molecular complexity index is 654. The average Bonchev–Trinajstić information content (AvgIpc) is 3.01. The molecule has 0 amide bonds. The quantitative estimate of drug-likeness (QED) is 0.594. The summed E-state index contributed by atoms with van der Waals surface area (Å²) in [5.41, 5.74) is 3.54. The van der Waals surface area contributed by atoms with Crippen LogP contribution in [-0.4, -0.2) is 6.26 Å². The molecule has 1 nitrogen and oxygen atoms in total. The summed E-state index contributed by atoms with van der Waals surface area (Å²) in [7, 11) is 0. The molecule has 19 heavy (non-hydrogen) atoms. The van der Waals surface area contributed by atoms with E-state index in [1.165, 1.54) is 16.0 Å². The van der Waals surface area contributed by atoms with Crippen LogP contribution in [0.2, 0.25) is 0 Å². The van der Waals surface area contributed by atoms with Crippen molar-refractivity contribution in [2.75, 3.05) is 6.26 Å². The van der Waals surface area contributed by atoms with Crippen molar-refractivity contribution in [3.8, 4) is 22.5 Å². The first kappa shape index (κ1) is 12.1. The smallest absolute Gasteiger partial charge is 0.134 e. The van der Waals surface area contributed by atoms with Crippen molar-refractivity contribution < 1.29 is 4.42 Å². The third-order valence-electron chi connectivity index (χ3n) is 3.11. The maximum absolute atomic E-state index is 5.52. The molecule has 0 unspecified atom stereocenters. The zero-order valence-corrected chi connectivity index (χ0v) is 11.5. The summed E-state index contributed by atoms with van der Waals surface area (Å²) in [6.45, 7) is 0. The van der Waals surface area contributed by atoms with E-state index in [2.05, 4.69) is 48.7 Å². The first-order valence-electron chi connectivity index (χ1n) is 6.16. The molecule has 0 N–H and O–H groups in total. The molecule has 0 bridgehead atoms. The Kier molecular flexibility index (Phi) is 3.43. The van der Waals surface area contributed by atoms with E-state index in [9.17, 15) is 0 Å². The first-order valence-corrected chi connectivity index (χ1v) is 7.38. The highest BCUT2D eigenvalue weighted by molar-refractivity contribution is 7.98. The van der Waals surface area contributed by atoms with Crippen molar-refractivity contribution in [2.24, 2.45) is 0 Å². The van der Waals surface area contributed by atoms with Gasteiger partial charge in [0.2, 0.25) is 0 Å². The molecule has 3 aromatic rings. The van der Waals surface area contributed by atoms with Crippen LogP contribution in [-0.2, 0) is 0 Å². The van der Waals surface area contributed by atoms with Gasteiger partial charge in [-0.3, -0.25) is 0 Å². The van der Waals surface area contributed by atoms with Gasteiger partial charge in [-0.1, -0.05) is 36.4 Å². The van der Waals surface area contributed by atoms with Crippen LogP contribution in [0.15, 0.2) is 76.2 Å². The summed E-state index contributed by atoms with van der Waals surface area (Å²) in [5.74, 6) is 0.907. The van der Waals surface area contributed by atoms with Gasteiger partial charge in [0, 0.05) is 10.5 Å². The van der Waals surface area contributed by atoms with Gasteiger partial charge in [-0.05, 0) is 41.6 Å². The topological polar surface area (TPSA) is 13.1 Å². The summed E-state index contributed by atoms with van der Waals surface area (Å²) in [6, 6.07) is 20.9. The van der Waals surface area contributed by atoms with Crippen LogP contribution in [0.3, 0.4) is 0 Å². The fourth-order valence-electron chi connectivity index (χ4n) is 2.15.